The molecule has 0 aromatic heterocycles. The number of aliphatic hydroxyl groups is 1. The zero-order valence-electron chi connectivity index (χ0n) is 9.74. The van der Waals surface area contributed by atoms with E-state index in [0.29, 0.717) is 0 Å². The minimum Gasteiger partial charge on any atom is -0.356 e. The third-order valence-electron chi connectivity index (χ3n) is 3.97. The lowest BCUT2D eigenvalue weighted by atomic mass is 9.99. The van der Waals surface area contributed by atoms with E-state index in [1.165, 1.54) is 25.7 Å². The summed E-state index contributed by atoms with van der Waals surface area (Å²) < 4.78 is 5.91. The van der Waals surface area contributed by atoms with Crippen LogP contribution in [0.15, 0.2) is 0 Å². The largest absolute Gasteiger partial charge is 0.356 e. The number of nitrogens with zero attached hydrogens (tertiary/aromatic N) is 1. The van der Waals surface area contributed by atoms with Gasteiger partial charge < -0.3 is 9.84 Å². The van der Waals surface area contributed by atoms with E-state index in [1.807, 2.05) is 0 Å². The van der Waals surface area contributed by atoms with Gasteiger partial charge in [0.05, 0.1) is 5.60 Å². The molecule has 0 amide bonds. The van der Waals surface area contributed by atoms with Crippen LogP contribution < -0.4 is 0 Å². The monoisotopic (exact) mass is 213 g/mol. The maximum absolute atomic E-state index is 10.0. The van der Waals surface area contributed by atoms with Gasteiger partial charge >= 0.3 is 0 Å². The lowest BCUT2D eigenvalue weighted by molar-refractivity contribution is -0.247. The molecule has 0 radical (unpaired) electrons. The van der Waals surface area contributed by atoms with Crippen LogP contribution in [0.4, 0.5) is 0 Å². The van der Waals surface area contributed by atoms with E-state index in [9.17, 15) is 5.11 Å². The van der Waals surface area contributed by atoms with E-state index in [4.69, 9.17) is 4.74 Å². The fourth-order valence-corrected chi connectivity index (χ4v) is 2.83. The van der Waals surface area contributed by atoms with Gasteiger partial charge in [-0.2, -0.15) is 0 Å². The number of hydrogen-bond acceptors (Lipinski definition) is 3. The molecular weight excluding hydrogens is 190 g/mol. The maximum Gasteiger partial charge on any atom is 0.216 e. The van der Waals surface area contributed by atoms with Crippen molar-refractivity contribution in [1.82, 2.24) is 4.90 Å². The van der Waals surface area contributed by atoms with Crippen LogP contribution in [-0.2, 0) is 4.74 Å². The van der Waals surface area contributed by atoms with Crippen molar-refractivity contribution in [1.29, 1.82) is 0 Å². The van der Waals surface area contributed by atoms with Crippen LogP contribution in [0.5, 0.6) is 0 Å². The normalized spacial score (nSPS) is 28.4. The summed E-state index contributed by atoms with van der Waals surface area (Å²) in [4.78, 5) is 2.05. The summed E-state index contributed by atoms with van der Waals surface area (Å²) in [5, 5.41) is 10.0. The molecule has 1 N–H and O–H groups in total. The zero-order valence-corrected chi connectivity index (χ0v) is 9.74. The summed E-state index contributed by atoms with van der Waals surface area (Å²) in [6.45, 7) is 4.14. The molecule has 3 nitrogen and oxygen atoms in total. The number of hydrogen-bond donors (Lipinski definition) is 1. The summed E-state index contributed by atoms with van der Waals surface area (Å²) >= 11 is 0. The Bertz CT molecular complexity index is 196. The van der Waals surface area contributed by atoms with Crippen LogP contribution in [-0.4, -0.2) is 35.1 Å². The number of aliphatic hydroxyl groups excluding tert-OH is 1. The molecule has 3 heteroatoms. The Morgan fingerprint density at radius 3 is 2.33 bits per heavy atom. The second kappa shape index (κ2) is 4.81. The van der Waals surface area contributed by atoms with E-state index >= 15 is 0 Å². The van der Waals surface area contributed by atoms with Gasteiger partial charge in [-0.15, -0.1) is 0 Å². The predicted molar refractivity (Wildman–Crippen MR) is 59.4 cm³/mol. The third-order valence-corrected chi connectivity index (χ3v) is 3.97. The average molecular weight is 213 g/mol. The van der Waals surface area contributed by atoms with Crippen molar-refractivity contribution >= 4 is 0 Å². The molecule has 2 fully saturated rings. The molecule has 1 aliphatic carbocycles. The first-order chi connectivity index (χ1) is 7.26. The van der Waals surface area contributed by atoms with Crippen molar-refractivity contribution in [3.8, 4) is 0 Å². The van der Waals surface area contributed by atoms with Gasteiger partial charge in [0, 0.05) is 13.1 Å². The van der Waals surface area contributed by atoms with E-state index in [2.05, 4.69) is 11.8 Å². The molecule has 1 atom stereocenters. The number of likely N-dealkylation sites (tertiary alicyclic amines) is 1. The maximum atomic E-state index is 10.0. The van der Waals surface area contributed by atoms with Crippen molar-refractivity contribution < 1.29 is 9.84 Å². The molecule has 1 aliphatic heterocycles. The topological polar surface area (TPSA) is 32.7 Å². The SMILES string of the molecule is CCC1(OC(O)N2CCCC2)CCCC1. The predicted octanol–water partition coefficient (Wildman–Crippen LogP) is 2.10. The number of ether oxygens (including phenoxy) is 1. The smallest absolute Gasteiger partial charge is 0.216 e. The molecule has 0 spiro atoms. The first kappa shape index (κ1) is 11.4. The molecule has 2 aliphatic rings. The molecule has 2 rings (SSSR count). The molecule has 15 heavy (non-hydrogen) atoms. The average Bonchev–Trinajstić information content (AvgIpc) is 2.88. The lowest BCUT2D eigenvalue weighted by Gasteiger charge is -2.34. The summed E-state index contributed by atoms with van der Waals surface area (Å²) in [5.74, 6) is 0. The van der Waals surface area contributed by atoms with Crippen LogP contribution in [0, 0.1) is 0 Å². The third kappa shape index (κ3) is 2.52. The van der Waals surface area contributed by atoms with E-state index in [0.717, 1.165) is 32.4 Å². The van der Waals surface area contributed by atoms with E-state index in [-0.39, 0.29) is 5.60 Å². The van der Waals surface area contributed by atoms with Crippen LogP contribution in [0.2, 0.25) is 0 Å². The van der Waals surface area contributed by atoms with E-state index < -0.39 is 6.41 Å². The lowest BCUT2D eigenvalue weighted by Crippen LogP contribution is -2.42. The highest BCUT2D eigenvalue weighted by Gasteiger charge is 2.36. The molecule has 1 saturated heterocycles. The minimum absolute atomic E-state index is 0.0258. The van der Waals surface area contributed by atoms with Crippen molar-refractivity contribution in [2.45, 2.75) is 63.9 Å². The van der Waals surface area contributed by atoms with Crippen molar-refractivity contribution in [2.75, 3.05) is 13.1 Å². The highest BCUT2D eigenvalue weighted by Crippen LogP contribution is 2.37. The van der Waals surface area contributed by atoms with Gasteiger partial charge in [0.1, 0.15) is 0 Å². The molecular formula is C12H23NO2. The molecule has 1 saturated carbocycles. The molecule has 0 aromatic rings. The highest BCUT2D eigenvalue weighted by molar-refractivity contribution is 4.85. The summed E-state index contributed by atoms with van der Waals surface area (Å²) in [7, 11) is 0. The quantitative estimate of drug-likeness (QED) is 0.726. The van der Waals surface area contributed by atoms with Crippen molar-refractivity contribution in [2.24, 2.45) is 0 Å². The van der Waals surface area contributed by atoms with Gasteiger partial charge in [0.2, 0.25) is 6.41 Å². The molecule has 1 heterocycles. The summed E-state index contributed by atoms with van der Waals surface area (Å²) in [6, 6.07) is 0. The van der Waals surface area contributed by atoms with Crippen LogP contribution in [0.3, 0.4) is 0 Å². The van der Waals surface area contributed by atoms with Gasteiger partial charge in [0.25, 0.3) is 0 Å². The Morgan fingerprint density at radius 2 is 1.80 bits per heavy atom. The van der Waals surface area contributed by atoms with Crippen molar-refractivity contribution in [3.05, 3.63) is 0 Å². The van der Waals surface area contributed by atoms with Gasteiger partial charge in [-0.25, -0.2) is 0 Å². The summed E-state index contributed by atoms with van der Waals surface area (Å²) in [6.07, 6.45) is 7.49. The Labute approximate surface area is 92.4 Å². The van der Waals surface area contributed by atoms with Crippen LogP contribution >= 0.6 is 0 Å². The Morgan fingerprint density at radius 1 is 1.20 bits per heavy atom. The molecule has 1 unspecified atom stereocenters. The Balaban J connectivity index is 1.88. The van der Waals surface area contributed by atoms with Crippen LogP contribution in [0.1, 0.15) is 51.9 Å². The second-order valence-electron chi connectivity index (χ2n) is 4.93. The first-order valence-electron chi connectivity index (χ1n) is 6.36. The molecule has 0 bridgehead atoms. The first-order valence-corrected chi connectivity index (χ1v) is 6.36. The second-order valence-corrected chi connectivity index (χ2v) is 4.93. The Hall–Kier alpha value is -0.120. The van der Waals surface area contributed by atoms with E-state index in [1.54, 1.807) is 0 Å². The zero-order chi connectivity index (χ0) is 10.7. The highest BCUT2D eigenvalue weighted by atomic mass is 16.6. The van der Waals surface area contributed by atoms with Gasteiger partial charge in [-0.3, -0.25) is 4.90 Å². The standard InChI is InChI=1S/C12H23NO2/c1-2-12(7-3-4-8-12)15-11(14)13-9-5-6-10-13/h11,14H,2-10H2,1H3. The van der Waals surface area contributed by atoms with Gasteiger partial charge in [-0.05, 0) is 32.1 Å². The fraction of sp³-hybridized carbons (Fsp3) is 1.00. The number of rotatable bonds is 4. The summed E-state index contributed by atoms with van der Waals surface area (Å²) in [5.41, 5.74) is -0.0258. The van der Waals surface area contributed by atoms with Crippen LogP contribution in [0.25, 0.3) is 0 Å². The minimum atomic E-state index is -0.662. The molecule has 0 aromatic carbocycles. The Kier molecular flexibility index (Phi) is 3.65. The molecule has 88 valence electrons. The van der Waals surface area contributed by atoms with Gasteiger partial charge in [0.15, 0.2) is 0 Å². The van der Waals surface area contributed by atoms with Gasteiger partial charge in [-0.1, -0.05) is 19.8 Å². The van der Waals surface area contributed by atoms with Crippen molar-refractivity contribution in [3.63, 3.8) is 0 Å². The fourth-order valence-electron chi connectivity index (χ4n) is 2.83.